The third-order valence-electron chi connectivity index (χ3n) is 4.91. The van der Waals surface area contributed by atoms with Crippen molar-refractivity contribution in [3.63, 3.8) is 0 Å². The molecule has 1 atom stereocenters. The van der Waals surface area contributed by atoms with Gasteiger partial charge in [0.15, 0.2) is 5.76 Å². The molecule has 3 aromatic rings. The summed E-state index contributed by atoms with van der Waals surface area (Å²) in [5, 5.41) is 4.36. The summed E-state index contributed by atoms with van der Waals surface area (Å²) in [7, 11) is 0. The summed E-state index contributed by atoms with van der Waals surface area (Å²) in [5.41, 5.74) is 2.02. The van der Waals surface area contributed by atoms with Crippen LogP contribution in [0.5, 0.6) is 0 Å². The highest BCUT2D eigenvalue weighted by Crippen LogP contribution is 2.22. The first-order valence-electron chi connectivity index (χ1n) is 8.88. The van der Waals surface area contributed by atoms with Gasteiger partial charge in [-0.3, -0.25) is 4.79 Å². The van der Waals surface area contributed by atoms with E-state index in [9.17, 15) is 4.79 Å². The summed E-state index contributed by atoms with van der Waals surface area (Å²) in [4.78, 5) is 23.7. The molecule has 0 spiro atoms. The summed E-state index contributed by atoms with van der Waals surface area (Å²) in [6.07, 6.45) is 8.16. The molecule has 0 radical (unpaired) electrons. The second kappa shape index (κ2) is 6.74. The Balaban J connectivity index is 1.65. The molecule has 1 fully saturated rings. The van der Waals surface area contributed by atoms with Gasteiger partial charge in [-0.2, -0.15) is 5.10 Å². The number of hydrogen-bond donors (Lipinski definition) is 0. The summed E-state index contributed by atoms with van der Waals surface area (Å²) in [6.45, 7) is 4.78. The molecule has 7 heteroatoms. The molecule has 1 aliphatic rings. The normalized spacial score (nSPS) is 17.5. The van der Waals surface area contributed by atoms with Crippen LogP contribution in [0.4, 0.5) is 0 Å². The number of carbonyl (C=O) groups is 1. The lowest BCUT2D eigenvalue weighted by atomic mass is 10.0. The van der Waals surface area contributed by atoms with Crippen LogP contribution in [0.1, 0.15) is 42.2 Å². The highest BCUT2D eigenvalue weighted by Gasteiger charge is 2.27. The fourth-order valence-corrected chi connectivity index (χ4v) is 3.39. The zero-order chi connectivity index (χ0) is 18.1. The van der Waals surface area contributed by atoms with Crippen molar-refractivity contribution >= 4 is 5.91 Å². The lowest BCUT2D eigenvalue weighted by Crippen LogP contribution is -2.42. The van der Waals surface area contributed by atoms with E-state index in [1.165, 1.54) is 6.42 Å². The zero-order valence-electron chi connectivity index (χ0n) is 14.9. The number of carbonyl (C=O) groups excluding carboxylic acids is 1. The maximum Gasteiger partial charge on any atom is 0.257 e. The third kappa shape index (κ3) is 2.89. The molecule has 7 nitrogen and oxygen atoms in total. The van der Waals surface area contributed by atoms with Crippen LogP contribution in [-0.2, 0) is 0 Å². The number of furan rings is 1. The Bertz CT molecular complexity index is 916. The van der Waals surface area contributed by atoms with Crippen molar-refractivity contribution in [2.45, 2.75) is 39.2 Å². The second-order valence-corrected chi connectivity index (χ2v) is 6.62. The summed E-state index contributed by atoms with van der Waals surface area (Å²) in [6, 6.07) is 5.70. The molecule has 1 amide bonds. The van der Waals surface area contributed by atoms with E-state index in [0.29, 0.717) is 23.0 Å². The fraction of sp³-hybridized carbons (Fsp3) is 0.368. The zero-order valence-corrected chi connectivity index (χ0v) is 14.9. The van der Waals surface area contributed by atoms with Crippen LogP contribution in [-0.4, -0.2) is 43.1 Å². The van der Waals surface area contributed by atoms with Gasteiger partial charge in [0.2, 0.25) is 0 Å². The minimum absolute atomic E-state index is 0.0307. The molecule has 134 valence electrons. The quantitative estimate of drug-likeness (QED) is 0.724. The molecule has 0 aliphatic carbocycles. The van der Waals surface area contributed by atoms with Crippen molar-refractivity contribution in [3.05, 3.63) is 48.1 Å². The van der Waals surface area contributed by atoms with Crippen molar-refractivity contribution < 1.29 is 9.21 Å². The molecule has 4 heterocycles. The first-order chi connectivity index (χ1) is 12.6. The maximum atomic E-state index is 12.9. The first-order valence-corrected chi connectivity index (χ1v) is 8.88. The average Bonchev–Trinajstić information content (AvgIpc) is 3.32. The molecule has 0 N–H and O–H groups in total. The number of nitrogens with zero attached hydrogens (tertiary/aromatic N) is 5. The van der Waals surface area contributed by atoms with Crippen molar-refractivity contribution in [3.8, 4) is 17.4 Å². The standard InChI is InChI=1S/C19H21N5O2/c1-13-6-3-4-10-23(13)18(25)15-12-21-24(14(15)2)19-20-9-8-16(22-19)17-7-5-11-26-17/h5,7-9,11-13H,3-4,6,10H2,1-2H3. The number of likely N-dealkylation sites (tertiary alicyclic amines) is 1. The van der Waals surface area contributed by atoms with Crippen LogP contribution >= 0.6 is 0 Å². The fourth-order valence-electron chi connectivity index (χ4n) is 3.39. The van der Waals surface area contributed by atoms with Crippen LogP contribution in [0, 0.1) is 6.92 Å². The number of piperidine rings is 1. The largest absolute Gasteiger partial charge is 0.463 e. The van der Waals surface area contributed by atoms with Crippen LogP contribution in [0.2, 0.25) is 0 Å². The van der Waals surface area contributed by atoms with Crippen molar-refractivity contribution in [1.29, 1.82) is 0 Å². The van der Waals surface area contributed by atoms with Gasteiger partial charge in [0.1, 0.15) is 5.69 Å². The van der Waals surface area contributed by atoms with Crippen LogP contribution in [0.15, 0.2) is 41.3 Å². The minimum Gasteiger partial charge on any atom is -0.463 e. The lowest BCUT2D eigenvalue weighted by Gasteiger charge is -2.33. The van der Waals surface area contributed by atoms with Gasteiger partial charge in [-0.15, -0.1) is 0 Å². The lowest BCUT2D eigenvalue weighted by molar-refractivity contribution is 0.0635. The van der Waals surface area contributed by atoms with E-state index in [4.69, 9.17) is 4.42 Å². The molecule has 1 aliphatic heterocycles. The summed E-state index contributed by atoms with van der Waals surface area (Å²) < 4.78 is 7.00. The van der Waals surface area contributed by atoms with Gasteiger partial charge in [0.25, 0.3) is 11.9 Å². The van der Waals surface area contributed by atoms with Gasteiger partial charge in [-0.25, -0.2) is 14.6 Å². The van der Waals surface area contributed by atoms with Gasteiger partial charge >= 0.3 is 0 Å². The Kier molecular flexibility index (Phi) is 4.28. The van der Waals surface area contributed by atoms with E-state index in [0.717, 1.165) is 25.1 Å². The number of hydrogen-bond acceptors (Lipinski definition) is 5. The SMILES string of the molecule is Cc1c(C(=O)N2CCCCC2C)cnn1-c1nccc(-c2ccco2)n1. The summed E-state index contributed by atoms with van der Waals surface area (Å²) in [5.74, 6) is 1.11. The minimum atomic E-state index is 0.0307. The van der Waals surface area contributed by atoms with Crippen LogP contribution in [0.25, 0.3) is 17.4 Å². The molecule has 4 rings (SSSR count). The number of amides is 1. The molecule has 0 aromatic carbocycles. The van der Waals surface area contributed by atoms with E-state index >= 15 is 0 Å². The van der Waals surface area contributed by atoms with E-state index in [1.807, 2.05) is 24.0 Å². The molecular formula is C19H21N5O2. The number of aromatic nitrogens is 4. The average molecular weight is 351 g/mol. The van der Waals surface area contributed by atoms with Gasteiger partial charge in [0.05, 0.1) is 23.7 Å². The van der Waals surface area contributed by atoms with Crippen LogP contribution in [0.3, 0.4) is 0 Å². The molecule has 1 unspecified atom stereocenters. The molecular weight excluding hydrogens is 330 g/mol. The molecule has 0 bridgehead atoms. The maximum absolute atomic E-state index is 12.9. The highest BCUT2D eigenvalue weighted by molar-refractivity contribution is 5.95. The predicted molar refractivity (Wildman–Crippen MR) is 95.9 cm³/mol. The van der Waals surface area contributed by atoms with E-state index in [-0.39, 0.29) is 11.9 Å². The topological polar surface area (TPSA) is 77.0 Å². The molecule has 1 saturated heterocycles. The van der Waals surface area contributed by atoms with E-state index < -0.39 is 0 Å². The Hall–Kier alpha value is -2.96. The number of rotatable bonds is 3. The Morgan fingerprint density at radius 1 is 1.31 bits per heavy atom. The summed E-state index contributed by atoms with van der Waals surface area (Å²) >= 11 is 0. The molecule has 3 aromatic heterocycles. The van der Waals surface area contributed by atoms with Crippen molar-refractivity contribution in [2.24, 2.45) is 0 Å². The molecule has 0 saturated carbocycles. The Labute approximate surface area is 151 Å². The highest BCUT2D eigenvalue weighted by atomic mass is 16.3. The van der Waals surface area contributed by atoms with Crippen molar-refractivity contribution in [1.82, 2.24) is 24.6 Å². The monoisotopic (exact) mass is 351 g/mol. The Morgan fingerprint density at radius 3 is 2.96 bits per heavy atom. The second-order valence-electron chi connectivity index (χ2n) is 6.62. The van der Waals surface area contributed by atoms with E-state index in [1.54, 1.807) is 29.4 Å². The van der Waals surface area contributed by atoms with Crippen LogP contribution < -0.4 is 0 Å². The smallest absolute Gasteiger partial charge is 0.257 e. The van der Waals surface area contributed by atoms with Crippen molar-refractivity contribution in [2.75, 3.05) is 6.54 Å². The van der Waals surface area contributed by atoms with Gasteiger partial charge < -0.3 is 9.32 Å². The predicted octanol–water partition coefficient (Wildman–Crippen LogP) is 3.25. The third-order valence-corrected chi connectivity index (χ3v) is 4.91. The van der Waals surface area contributed by atoms with Gasteiger partial charge in [0, 0.05) is 18.8 Å². The van der Waals surface area contributed by atoms with E-state index in [2.05, 4.69) is 22.0 Å². The van der Waals surface area contributed by atoms with Gasteiger partial charge in [-0.1, -0.05) is 0 Å². The molecule has 26 heavy (non-hydrogen) atoms. The first kappa shape index (κ1) is 16.5. The van der Waals surface area contributed by atoms with Gasteiger partial charge in [-0.05, 0) is 51.3 Å². The Morgan fingerprint density at radius 2 is 2.19 bits per heavy atom.